The number of aromatic nitrogens is 4. The van der Waals surface area contributed by atoms with E-state index < -0.39 is 48.3 Å². The molecule has 3 aliphatic carbocycles. The minimum absolute atomic E-state index is 0.0506. The topological polar surface area (TPSA) is 114 Å². The number of imidazole rings is 1. The van der Waals surface area contributed by atoms with E-state index in [1.54, 1.807) is 22.9 Å². The minimum Gasteiger partial charge on any atom is -0.364 e. The van der Waals surface area contributed by atoms with Gasteiger partial charge in [-0.15, -0.1) is 0 Å². The molecule has 0 aromatic carbocycles. The Morgan fingerprint density at radius 3 is 2.33 bits per heavy atom. The standard InChI is InChI=1S/C29H33F5N6O3/c1-15(29(32,33)34)12-22(41)37-24(17-4-5-17)20-8-11-40-13-21(36-27(40)35-20)25(18-6-9-28(30,31)10-7-18)38-26(42)19-14-43-39-23(19)16-2-3-16/h8,11,13-18,24-25H,2-7,9-10,12H2,1H3,(H,37,41)(H,38,42)/t15?,24?,25-/m0/s1. The number of carbonyl (C=O) groups is 2. The highest BCUT2D eigenvalue weighted by Gasteiger charge is 2.41. The highest BCUT2D eigenvalue weighted by Crippen LogP contribution is 2.44. The van der Waals surface area contributed by atoms with Gasteiger partial charge in [0.15, 0.2) is 0 Å². The Hall–Kier alpha value is -3.58. The van der Waals surface area contributed by atoms with E-state index >= 15 is 0 Å². The summed E-state index contributed by atoms with van der Waals surface area (Å²) in [4.78, 5) is 35.2. The molecular weight excluding hydrogens is 575 g/mol. The Kier molecular flexibility index (Phi) is 7.66. The van der Waals surface area contributed by atoms with E-state index in [0.29, 0.717) is 22.6 Å². The SMILES string of the molecule is CC(CC(=O)NC(c1ccn2cc([C@@H](NC(=O)c3conc3C3CC3)C3CCC(F)(F)CC3)nc2n1)C1CC1)C(F)(F)F. The van der Waals surface area contributed by atoms with Crippen LogP contribution in [0.3, 0.4) is 0 Å². The van der Waals surface area contributed by atoms with Crippen molar-refractivity contribution in [3.63, 3.8) is 0 Å². The third-order valence-electron chi connectivity index (χ3n) is 8.79. The molecule has 14 heteroatoms. The Morgan fingerprint density at radius 1 is 1.02 bits per heavy atom. The number of hydrogen-bond acceptors (Lipinski definition) is 6. The maximum atomic E-state index is 14.0. The van der Waals surface area contributed by atoms with Gasteiger partial charge in [-0.1, -0.05) is 12.1 Å². The molecule has 2 unspecified atom stereocenters. The van der Waals surface area contributed by atoms with Crippen molar-refractivity contribution in [2.75, 3.05) is 0 Å². The lowest BCUT2D eigenvalue weighted by Crippen LogP contribution is -2.37. The third kappa shape index (κ3) is 6.67. The van der Waals surface area contributed by atoms with Gasteiger partial charge in [0, 0.05) is 37.6 Å². The van der Waals surface area contributed by atoms with Crippen molar-refractivity contribution < 1.29 is 36.1 Å². The van der Waals surface area contributed by atoms with Crippen molar-refractivity contribution in [1.82, 2.24) is 30.2 Å². The minimum atomic E-state index is -4.47. The number of amides is 2. The average Bonchev–Trinajstić information content (AvgIpc) is 3.88. The number of nitrogens with one attached hydrogen (secondary N) is 2. The lowest BCUT2D eigenvalue weighted by molar-refractivity contribution is -0.174. The summed E-state index contributed by atoms with van der Waals surface area (Å²) in [6.45, 7) is 0.973. The monoisotopic (exact) mass is 608 g/mol. The molecule has 43 heavy (non-hydrogen) atoms. The molecule has 3 aromatic heterocycles. The van der Waals surface area contributed by atoms with Crippen molar-refractivity contribution in [2.45, 2.75) is 94.8 Å². The van der Waals surface area contributed by atoms with Gasteiger partial charge in [0.05, 0.1) is 35.1 Å². The van der Waals surface area contributed by atoms with Crippen LogP contribution in [0.15, 0.2) is 29.2 Å². The van der Waals surface area contributed by atoms with Crippen LogP contribution in [0.25, 0.3) is 5.78 Å². The van der Waals surface area contributed by atoms with Gasteiger partial charge < -0.3 is 15.2 Å². The maximum Gasteiger partial charge on any atom is 0.392 e. The van der Waals surface area contributed by atoms with E-state index in [4.69, 9.17) is 4.52 Å². The first-order valence-electron chi connectivity index (χ1n) is 14.7. The molecule has 6 rings (SSSR count). The van der Waals surface area contributed by atoms with Crippen LogP contribution in [0.5, 0.6) is 0 Å². The molecule has 3 heterocycles. The molecule has 3 atom stereocenters. The van der Waals surface area contributed by atoms with Crippen molar-refractivity contribution in [1.29, 1.82) is 0 Å². The van der Waals surface area contributed by atoms with Crippen LogP contribution < -0.4 is 10.6 Å². The molecule has 0 aliphatic heterocycles. The number of nitrogens with zero attached hydrogens (tertiary/aromatic N) is 4. The van der Waals surface area contributed by atoms with Gasteiger partial charge >= 0.3 is 6.18 Å². The van der Waals surface area contributed by atoms with E-state index in [1.165, 1.54) is 6.26 Å². The first-order chi connectivity index (χ1) is 20.4. The van der Waals surface area contributed by atoms with Gasteiger partial charge in [0.1, 0.15) is 11.8 Å². The van der Waals surface area contributed by atoms with E-state index in [2.05, 4.69) is 25.8 Å². The molecule has 2 N–H and O–H groups in total. The highest BCUT2D eigenvalue weighted by molar-refractivity contribution is 5.95. The molecule has 3 fully saturated rings. The molecular formula is C29H33F5N6O3. The zero-order valence-corrected chi connectivity index (χ0v) is 23.5. The lowest BCUT2D eigenvalue weighted by atomic mass is 9.81. The van der Waals surface area contributed by atoms with E-state index in [1.807, 2.05) is 0 Å². The fourth-order valence-corrected chi connectivity index (χ4v) is 5.83. The van der Waals surface area contributed by atoms with Gasteiger partial charge in [0.25, 0.3) is 5.91 Å². The Morgan fingerprint density at radius 2 is 1.67 bits per heavy atom. The second-order valence-electron chi connectivity index (χ2n) is 12.3. The molecule has 0 bridgehead atoms. The van der Waals surface area contributed by atoms with E-state index in [0.717, 1.165) is 32.6 Å². The van der Waals surface area contributed by atoms with Crippen molar-refractivity contribution >= 4 is 17.6 Å². The fraction of sp³-hybridized carbons (Fsp3) is 0.621. The van der Waals surface area contributed by atoms with Crippen LogP contribution in [0.1, 0.15) is 110 Å². The fourth-order valence-electron chi connectivity index (χ4n) is 5.83. The molecule has 0 saturated heterocycles. The summed E-state index contributed by atoms with van der Waals surface area (Å²) in [6, 6.07) is 0.435. The molecule has 3 saturated carbocycles. The molecule has 9 nitrogen and oxygen atoms in total. The number of alkyl halides is 5. The summed E-state index contributed by atoms with van der Waals surface area (Å²) in [5, 5.41) is 9.72. The Labute approximate surface area is 244 Å². The number of hydrogen-bond donors (Lipinski definition) is 2. The number of halogens is 5. The van der Waals surface area contributed by atoms with Crippen LogP contribution in [-0.2, 0) is 4.79 Å². The second-order valence-corrected chi connectivity index (χ2v) is 12.3. The van der Waals surface area contributed by atoms with Gasteiger partial charge in [-0.2, -0.15) is 13.2 Å². The van der Waals surface area contributed by atoms with Gasteiger partial charge in [-0.3, -0.25) is 14.0 Å². The molecule has 2 amide bonds. The highest BCUT2D eigenvalue weighted by atomic mass is 19.4. The zero-order valence-electron chi connectivity index (χ0n) is 23.5. The number of carbonyl (C=O) groups excluding carboxylic acids is 2. The predicted molar refractivity (Wildman–Crippen MR) is 142 cm³/mol. The smallest absolute Gasteiger partial charge is 0.364 e. The number of rotatable bonds is 10. The summed E-state index contributed by atoms with van der Waals surface area (Å²) in [5.41, 5.74) is 1.83. The maximum absolute atomic E-state index is 14.0. The van der Waals surface area contributed by atoms with Crippen LogP contribution in [-0.4, -0.2) is 43.4 Å². The van der Waals surface area contributed by atoms with E-state index in [-0.39, 0.29) is 49.2 Å². The lowest BCUT2D eigenvalue weighted by Gasteiger charge is -2.33. The van der Waals surface area contributed by atoms with Gasteiger partial charge in [-0.25, -0.2) is 18.7 Å². The Bertz CT molecular complexity index is 1490. The van der Waals surface area contributed by atoms with Gasteiger partial charge in [-0.05, 0) is 56.4 Å². The summed E-state index contributed by atoms with van der Waals surface area (Å²) in [5.74, 6) is -5.47. The zero-order chi connectivity index (χ0) is 30.5. The number of fused-ring (bicyclic) bond motifs is 1. The second kappa shape index (κ2) is 11.2. The van der Waals surface area contributed by atoms with Crippen LogP contribution in [0, 0.1) is 17.8 Å². The summed E-state index contributed by atoms with van der Waals surface area (Å²) in [6.07, 6.45) is 2.75. The van der Waals surface area contributed by atoms with Crippen molar-refractivity contribution in [2.24, 2.45) is 17.8 Å². The Balaban J connectivity index is 1.25. The molecule has 3 aromatic rings. The predicted octanol–water partition coefficient (Wildman–Crippen LogP) is 6.05. The summed E-state index contributed by atoms with van der Waals surface area (Å²) >= 11 is 0. The van der Waals surface area contributed by atoms with Gasteiger partial charge in [0.2, 0.25) is 17.6 Å². The third-order valence-corrected chi connectivity index (χ3v) is 8.79. The van der Waals surface area contributed by atoms with E-state index in [9.17, 15) is 31.5 Å². The van der Waals surface area contributed by atoms with Crippen molar-refractivity contribution in [3.8, 4) is 0 Å². The summed E-state index contributed by atoms with van der Waals surface area (Å²) in [7, 11) is 0. The molecule has 232 valence electrons. The molecule has 3 aliphatic rings. The van der Waals surface area contributed by atoms with Crippen LogP contribution in [0.2, 0.25) is 0 Å². The average molecular weight is 609 g/mol. The van der Waals surface area contributed by atoms with Crippen LogP contribution >= 0.6 is 0 Å². The molecule has 0 spiro atoms. The normalized spacial score (nSPS) is 21.3. The first-order valence-corrected chi connectivity index (χ1v) is 14.7. The quantitative estimate of drug-likeness (QED) is 0.271. The first kappa shape index (κ1) is 29.5. The van der Waals surface area contributed by atoms with Crippen molar-refractivity contribution in [3.05, 3.63) is 47.4 Å². The van der Waals surface area contributed by atoms with Crippen LogP contribution in [0.4, 0.5) is 22.0 Å². The largest absolute Gasteiger partial charge is 0.392 e. The molecule has 0 radical (unpaired) electrons. The summed E-state index contributed by atoms with van der Waals surface area (Å²) < 4.78 is 73.8.